The second-order valence-corrected chi connectivity index (χ2v) is 5.27. The monoisotopic (exact) mass is 285 g/mol. The lowest BCUT2D eigenvalue weighted by Gasteiger charge is -2.14. The van der Waals surface area contributed by atoms with Gasteiger partial charge in [-0.1, -0.05) is 12.1 Å². The van der Waals surface area contributed by atoms with E-state index in [1.54, 1.807) is 0 Å². The molecule has 0 aliphatic carbocycles. The largest absolute Gasteiger partial charge is 0.573 e. The number of hydrogen-bond acceptors (Lipinski definition) is 3. The fourth-order valence-corrected chi connectivity index (χ4v) is 2.00. The zero-order valence-corrected chi connectivity index (χ0v) is 9.86. The van der Waals surface area contributed by atoms with Crippen LogP contribution in [0.15, 0.2) is 24.3 Å². The van der Waals surface area contributed by atoms with Gasteiger partial charge in [0.15, 0.2) is 0 Å². The van der Waals surface area contributed by atoms with Gasteiger partial charge in [-0.2, -0.15) is 0 Å². The Morgan fingerprint density at radius 1 is 1.28 bits per heavy atom. The molecule has 0 aliphatic rings. The summed E-state index contributed by atoms with van der Waals surface area (Å²) in [6.45, 7) is 0. The topological polar surface area (TPSA) is 92.8 Å². The average molecular weight is 285 g/mol. The molecule has 18 heavy (non-hydrogen) atoms. The Kier molecular flexibility index (Phi) is 4.39. The van der Waals surface area contributed by atoms with Crippen molar-refractivity contribution in [1.82, 2.24) is 0 Å². The molecule has 5 nitrogen and oxygen atoms in total. The van der Waals surface area contributed by atoms with Crippen molar-refractivity contribution in [3.05, 3.63) is 29.8 Å². The highest BCUT2D eigenvalue weighted by atomic mass is 31.2. The first-order chi connectivity index (χ1) is 8.07. The quantitative estimate of drug-likeness (QED) is 0.733. The number of benzene rings is 1. The Labute approximate surface area is 101 Å². The first-order valence-corrected chi connectivity index (χ1v) is 6.52. The maximum Gasteiger partial charge on any atom is 0.573 e. The number of halogens is 3. The molecule has 0 aliphatic heterocycles. The summed E-state index contributed by atoms with van der Waals surface area (Å²) in [5, 5.41) is 0. The molecule has 4 N–H and O–H groups in total. The Morgan fingerprint density at radius 2 is 1.78 bits per heavy atom. The third kappa shape index (κ3) is 5.50. The molecule has 0 heterocycles. The zero-order valence-electron chi connectivity index (χ0n) is 8.96. The van der Waals surface area contributed by atoms with E-state index in [1.165, 1.54) is 12.1 Å². The first-order valence-electron chi connectivity index (χ1n) is 4.73. The molecule has 1 unspecified atom stereocenters. The van der Waals surface area contributed by atoms with Crippen molar-refractivity contribution in [2.45, 2.75) is 12.4 Å². The molecular formula is C9H11F3NO4P. The smallest absolute Gasteiger partial charge is 0.406 e. The van der Waals surface area contributed by atoms with E-state index in [0.29, 0.717) is 5.56 Å². The molecule has 1 rings (SSSR count). The van der Waals surface area contributed by atoms with Crippen molar-refractivity contribution in [3.8, 4) is 5.75 Å². The molecule has 1 aromatic carbocycles. The van der Waals surface area contributed by atoms with Crippen molar-refractivity contribution in [1.29, 1.82) is 0 Å². The van der Waals surface area contributed by atoms with E-state index in [1.807, 2.05) is 0 Å². The van der Waals surface area contributed by atoms with Crippen LogP contribution in [0.4, 0.5) is 13.2 Å². The fraction of sp³-hybridized carbons (Fsp3) is 0.333. The van der Waals surface area contributed by atoms with Gasteiger partial charge in [0, 0.05) is 6.04 Å². The van der Waals surface area contributed by atoms with Crippen molar-refractivity contribution >= 4 is 7.60 Å². The summed E-state index contributed by atoms with van der Waals surface area (Å²) in [6, 6.07) is 3.55. The molecule has 0 amide bonds. The Hall–Kier alpha value is -1.08. The Morgan fingerprint density at radius 3 is 2.17 bits per heavy atom. The van der Waals surface area contributed by atoms with Gasteiger partial charge in [-0.05, 0) is 17.7 Å². The van der Waals surface area contributed by atoms with E-state index in [0.717, 1.165) is 12.1 Å². The van der Waals surface area contributed by atoms with E-state index in [-0.39, 0.29) is 0 Å². The summed E-state index contributed by atoms with van der Waals surface area (Å²) in [4.78, 5) is 17.4. The van der Waals surface area contributed by atoms with Gasteiger partial charge in [-0.15, -0.1) is 13.2 Å². The number of nitrogens with two attached hydrogens (primary N) is 1. The predicted octanol–water partition coefficient (Wildman–Crippen LogP) is 1.76. The fourth-order valence-electron chi connectivity index (χ4n) is 1.28. The van der Waals surface area contributed by atoms with Crippen LogP contribution in [0.5, 0.6) is 5.75 Å². The number of hydrogen-bond donors (Lipinski definition) is 3. The second-order valence-electron chi connectivity index (χ2n) is 3.57. The van der Waals surface area contributed by atoms with Crippen LogP contribution in [-0.2, 0) is 4.57 Å². The van der Waals surface area contributed by atoms with Crippen LogP contribution < -0.4 is 10.5 Å². The molecule has 0 spiro atoms. The van der Waals surface area contributed by atoms with Crippen molar-refractivity contribution < 1.29 is 32.3 Å². The van der Waals surface area contributed by atoms with Crippen LogP contribution in [0.25, 0.3) is 0 Å². The highest BCUT2D eigenvalue weighted by Crippen LogP contribution is 2.38. The van der Waals surface area contributed by atoms with Gasteiger partial charge < -0.3 is 20.3 Å². The zero-order chi connectivity index (χ0) is 14.0. The number of rotatable bonds is 4. The molecule has 0 saturated carbocycles. The molecule has 1 aromatic rings. The lowest BCUT2D eigenvalue weighted by atomic mass is 10.1. The summed E-state index contributed by atoms with van der Waals surface area (Å²) in [5.41, 5.74) is 5.82. The van der Waals surface area contributed by atoms with Gasteiger partial charge in [-0.25, -0.2) is 0 Å². The van der Waals surface area contributed by atoms with E-state index in [4.69, 9.17) is 15.5 Å². The Bertz CT molecular complexity index is 442. The molecule has 9 heteroatoms. The second kappa shape index (κ2) is 5.27. The molecule has 0 fully saturated rings. The highest BCUT2D eigenvalue weighted by molar-refractivity contribution is 7.51. The van der Waals surface area contributed by atoms with E-state index >= 15 is 0 Å². The van der Waals surface area contributed by atoms with Gasteiger partial charge in [0.05, 0.1) is 6.16 Å². The summed E-state index contributed by atoms with van der Waals surface area (Å²) in [5.74, 6) is -0.422. The third-order valence-electron chi connectivity index (χ3n) is 1.98. The van der Waals surface area contributed by atoms with Gasteiger partial charge in [0.25, 0.3) is 0 Å². The lowest BCUT2D eigenvalue weighted by molar-refractivity contribution is -0.274. The molecule has 0 aromatic heterocycles. The normalized spacial score (nSPS) is 14.3. The van der Waals surface area contributed by atoms with Gasteiger partial charge >= 0.3 is 14.0 Å². The van der Waals surface area contributed by atoms with Crippen LogP contribution in [0.3, 0.4) is 0 Å². The minimum atomic E-state index is -4.78. The Balaban J connectivity index is 2.74. The van der Waals surface area contributed by atoms with Crippen LogP contribution in [0, 0.1) is 0 Å². The summed E-state index contributed by atoms with van der Waals surface area (Å²) in [7, 11) is -4.27. The van der Waals surface area contributed by atoms with Gasteiger partial charge in [-0.3, -0.25) is 4.57 Å². The standard InChI is InChI=1S/C9H11F3NO4P/c10-9(11,12)17-7-3-1-6(2-4-7)8(13)5-18(14,15)16/h1-4,8H,5,13H2,(H2,14,15,16). The molecule has 0 bridgehead atoms. The van der Waals surface area contributed by atoms with E-state index in [2.05, 4.69) is 4.74 Å². The lowest BCUT2D eigenvalue weighted by Crippen LogP contribution is -2.18. The van der Waals surface area contributed by atoms with Crippen LogP contribution in [0.2, 0.25) is 0 Å². The highest BCUT2D eigenvalue weighted by Gasteiger charge is 2.31. The minimum absolute atomic E-state index is 0.313. The van der Waals surface area contributed by atoms with Crippen LogP contribution in [0.1, 0.15) is 11.6 Å². The van der Waals surface area contributed by atoms with E-state index in [9.17, 15) is 17.7 Å². The SMILES string of the molecule is NC(CP(=O)(O)O)c1ccc(OC(F)(F)F)cc1. The summed E-state index contributed by atoms with van der Waals surface area (Å²) < 4.78 is 50.0. The average Bonchev–Trinajstić information content (AvgIpc) is 2.13. The molecule has 102 valence electrons. The minimum Gasteiger partial charge on any atom is -0.406 e. The molecule has 1 atom stereocenters. The molecule has 0 radical (unpaired) electrons. The molecule has 0 saturated heterocycles. The first kappa shape index (κ1) is 15.0. The molecular weight excluding hydrogens is 274 g/mol. The van der Waals surface area contributed by atoms with Gasteiger partial charge in [0.2, 0.25) is 0 Å². The predicted molar refractivity (Wildman–Crippen MR) is 57.0 cm³/mol. The van der Waals surface area contributed by atoms with E-state index < -0.39 is 31.9 Å². The van der Waals surface area contributed by atoms with Gasteiger partial charge in [0.1, 0.15) is 5.75 Å². The van der Waals surface area contributed by atoms with Crippen molar-refractivity contribution in [2.24, 2.45) is 5.73 Å². The maximum absolute atomic E-state index is 11.9. The van der Waals surface area contributed by atoms with Crippen molar-refractivity contribution in [2.75, 3.05) is 6.16 Å². The van der Waals surface area contributed by atoms with Crippen molar-refractivity contribution in [3.63, 3.8) is 0 Å². The summed E-state index contributed by atoms with van der Waals surface area (Å²) in [6.07, 6.45) is -5.36. The third-order valence-corrected chi connectivity index (χ3v) is 2.85. The maximum atomic E-state index is 11.9. The summed E-state index contributed by atoms with van der Waals surface area (Å²) >= 11 is 0. The number of ether oxygens (including phenoxy) is 1. The van der Waals surface area contributed by atoms with Crippen LogP contribution >= 0.6 is 7.60 Å². The number of alkyl halides is 3. The van der Waals surface area contributed by atoms with Crippen LogP contribution in [-0.4, -0.2) is 22.3 Å².